The van der Waals surface area contributed by atoms with Crippen LogP contribution in [0.3, 0.4) is 0 Å². The molecule has 0 atom stereocenters. The topological polar surface area (TPSA) is 31.4 Å². The van der Waals surface area contributed by atoms with Crippen LogP contribution in [0.4, 0.5) is 0 Å². The Morgan fingerprint density at radius 3 is 2.00 bits per heavy atom. The Balaban J connectivity index is 1.39. The average molecular weight is 452 g/mol. The van der Waals surface area contributed by atoms with Crippen molar-refractivity contribution in [2.75, 3.05) is 13.2 Å². The second-order valence-corrected chi connectivity index (χ2v) is 9.76. The predicted molar refractivity (Wildman–Crippen MR) is 138 cm³/mol. The first-order chi connectivity index (χ1) is 16.3. The molecule has 0 saturated carbocycles. The summed E-state index contributed by atoms with van der Waals surface area (Å²) in [6.45, 7) is 6.12. The van der Waals surface area contributed by atoms with Gasteiger partial charge in [-0.15, -0.1) is 0 Å². The minimum atomic E-state index is -0.275. The third kappa shape index (κ3) is 9.22. The summed E-state index contributed by atoms with van der Waals surface area (Å²) in [6.07, 6.45) is 18.7. The van der Waals surface area contributed by atoms with E-state index in [4.69, 9.17) is 14.5 Å². The van der Waals surface area contributed by atoms with Crippen LogP contribution in [0.1, 0.15) is 108 Å². The average Bonchev–Trinajstić information content (AvgIpc) is 2.87. The number of hydrogen-bond donors (Lipinski definition) is 0. The Hall–Kier alpha value is -1.71. The van der Waals surface area contributed by atoms with Crippen molar-refractivity contribution in [1.29, 1.82) is 0 Å². The van der Waals surface area contributed by atoms with E-state index >= 15 is 0 Å². The van der Waals surface area contributed by atoms with E-state index in [9.17, 15) is 0 Å². The lowest BCUT2D eigenvalue weighted by Crippen LogP contribution is -2.27. The van der Waals surface area contributed by atoms with Gasteiger partial charge >= 0.3 is 0 Å². The number of hydrogen-bond acceptors (Lipinski definition) is 3. The Morgan fingerprint density at radius 2 is 1.36 bits per heavy atom. The molecule has 1 saturated heterocycles. The van der Waals surface area contributed by atoms with Crippen LogP contribution in [-0.2, 0) is 15.9 Å². The van der Waals surface area contributed by atoms with Gasteiger partial charge in [0.05, 0.1) is 18.9 Å². The molecule has 0 unspecified atom stereocenters. The van der Waals surface area contributed by atoms with Crippen molar-refractivity contribution >= 4 is 0 Å². The summed E-state index contributed by atoms with van der Waals surface area (Å²) in [5, 5.41) is 0. The normalized spacial score (nSPS) is 18.5. The maximum absolute atomic E-state index is 6.02. The van der Waals surface area contributed by atoms with Crippen molar-refractivity contribution < 1.29 is 9.47 Å². The fourth-order valence-electron chi connectivity index (χ4n) is 4.61. The highest BCUT2D eigenvalue weighted by molar-refractivity contribution is 5.59. The van der Waals surface area contributed by atoms with Crippen molar-refractivity contribution in [2.45, 2.75) is 104 Å². The zero-order valence-electron chi connectivity index (χ0n) is 21.1. The molecule has 33 heavy (non-hydrogen) atoms. The largest absolute Gasteiger partial charge is 0.348 e. The molecule has 0 N–H and O–H groups in total. The van der Waals surface area contributed by atoms with Crippen LogP contribution in [0.15, 0.2) is 42.6 Å². The monoisotopic (exact) mass is 451 g/mol. The van der Waals surface area contributed by atoms with Crippen LogP contribution in [0, 0.1) is 5.92 Å². The molecule has 0 radical (unpaired) electrons. The van der Waals surface area contributed by atoms with Crippen molar-refractivity contribution in [3.8, 4) is 11.3 Å². The standard InChI is InChI=1S/C30H45NO2/c1-3-5-7-9-11-12-14-25-16-18-27(19-17-25)29-21-20-28(22-31-29)30-32-23-26(24-33-30)15-13-10-8-6-4-2/h16-22,26,30H,3-15,23-24H2,1-2H3. The summed E-state index contributed by atoms with van der Waals surface area (Å²) >= 11 is 0. The fraction of sp³-hybridized carbons (Fsp3) is 0.633. The number of benzene rings is 1. The number of aromatic nitrogens is 1. The molecule has 0 bridgehead atoms. The molecule has 3 nitrogen and oxygen atoms in total. The number of unbranched alkanes of at least 4 members (excludes halogenated alkanes) is 9. The van der Waals surface area contributed by atoms with Crippen LogP contribution in [0.2, 0.25) is 0 Å². The molecule has 3 heteroatoms. The summed E-state index contributed by atoms with van der Waals surface area (Å²) in [7, 11) is 0. The SMILES string of the molecule is CCCCCCCCc1ccc(-c2ccc(C3OCC(CCCCCCC)CO3)cn2)cc1. The van der Waals surface area contributed by atoms with Gasteiger partial charge in [-0.25, -0.2) is 0 Å². The van der Waals surface area contributed by atoms with Crippen molar-refractivity contribution in [2.24, 2.45) is 5.92 Å². The molecule has 0 spiro atoms. The van der Waals surface area contributed by atoms with E-state index in [0.29, 0.717) is 5.92 Å². The van der Waals surface area contributed by atoms with Gasteiger partial charge in [0.15, 0.2) is 6.29 Å². The van der Waals surface area contributed by atoms with E-state index in [1.807, 2.05) is 6.20 Å². The Labute approximate surface area is 202 Å². The summed E-state index contributed by atoms with van der Waals surface area (Å²) in [5.74, 6) is 0.532. The molecule has 1 aromatic heterocycles. The van der Waals surface area contributed by atoms with Gasteiger partial charge in [-0.05, 0) is 30.9 Å². The van der Waals surface area contributed by atoms with Crippen LogP contribution >= 0.6 is 0 Å². The Morgan fingerprint density at radius 1 is 0.727 bits per heavy atom. The molecule has 0 amide bonds. The maximum Gasteiger partial charge on any atom is 0.185 e. The fourth-order valence-corrected chi connectivity index (χ4v) is 4.61. The zero-order valence-corrected chi connectivity index (χ0v) is 21.1. The molecule has 1 aliphatic rings. The molecule has 1 fully saturated rings. The molecule has 182 valence electrons. The van der Waals surface area contributed by atoms with Gasteiger partial charge in [-0.2, -0.15) is 0 Å². The predicted octanol–water partition coefficient (Wildman–Crippen LogP) is 8.67. The van der Waals surface area contributed by atoms with Crippen molar-refractivity contribution in [3.63, 3.8) is 0 Å². The third-order valence-corrected chi connectivity index (χ3v) is 6.81. The quantitative estimate of drug-likeness (QED) is 0.254. The Bertz CT molecular complexity index is 748. The van der Waals surface area contributed by atoms with Crippen LogP contribution in [0.5, 0.6) is 0 Å². The van der Waals surface area contributed by atoms with Gasteiger partial charge in [-0.3, -0.25) is 4.98 Å². The lowest BCUT2D eigenvalue weighted by atomic mass is 10.0. The molecular weight excluding hydrogens is 406 g/mol. The summed E-state index contributed by atoms with van der Waals surface area (Å²) in [5.41, 5.74) is 4.61. The molecule has 2 aromatic rings. The molecule has 2 heterocycles. The van der Waals surface area contributed by atoms with Crippen molar-refractivity contribution in [3.05, 3.63) is 53.7 Å². The van der Waals surface area contributed by atoms with Crippen molar-refractivity contribution in [1.82, 2.24) is 4.98 Å². The van der Waals surface area contributed by atoms with Gasteiger partial charge < -0.3 is 9.47 Å². The number of rotatable bonds is 15. The first kappa shape index (κ1) is 25.9. The summed E-state index contributed by atoms with van der Waals surface area (Å²) < 4.78 is 12.0. The number of pyridine rings is 1. The highest BCUT2D eigenvalue weighted by atomic mass is 16.7. The van der Waals surface area contributed by atoms with Gasteiger partial charge in [-0.1, -0.05) is 108 Å². The van der Waals surface area contributed by atoms with Crippen LogP contribution < -0.4 is 0 Å². The van der Waals surface area contributed by atoms with E-state index in [-0.39, 0.29) is 6.29 Å². The van der Waals surface area contributed by atoms with Gasteiger partial charge in [0, 0.05) is 23.2 Å². The minimum absolute atomic E-state index is 0.275. The Kier molecular flexibility index (Phi) is 12.0. The molecule has 0 aliphatic carbocycles. The summed E-state index contributed by atoms with van der Waals surface area (Å²) in [4.78, 5) is 4.69. The number of nitrogens with zero attached hydrogens (tertiary/aromatic N) is 1. The second-order valence-electron chi connectivity index (χ2n) is 9.76. The second kappa shape index (κ2) is 15.2. The molecule has 3 rings (SSSR count). The summed E-state index contributed by atoms with van der Waals surface area (Å²) in [6, 6.07) is 13.1. The molecule has 1 aromatic carbocycles. The third-order valence-electron chi connectivity index (χ3n) is 6.81. The number of aryl methyl sites for hydroxylation is 1. The van der Waals surface area contributed by atoms with Gasteiger partial charge in [0.2, 0.25) is 0 Å². The minimum Gasteiger partial charge on any atom is -0.348 e. The van der Waals surface area contributed by atoms with E-state index in [1.54, 1.807) is 0 Å². The first-order valence-electron chi connectivity index (χ1n) is 13.6. The number of ether oxygens (including phenoxy) is 2. The van der Waals surface area contributed by atoms with Crippen LogP contribution in [-0.4, -0.2) is 18.2 Å². The van der Waals surface area contributed by atoms with Crippen LogP contribution in [0.25, 0.3) is 11.3 Å². The van der Waals surface area contributed by atoms with E-state index < -0.39 is 0 Å². The highest BCUT2D eigenvalue weighted by Gasteiger charge is 2.23. The first-order valence-corrected chi connectivity index (χ1v) is 13.6. The van der Waals surface area contributed by atoms with E-state index in [0.717, 1.165) is 24.5 Å². The van der Waals surface area contributed by atoms with E-state index in [2.05, 4.69) is 50.2 Å². The lowest BCUT2D eigenvalue weighted by molar-refractivity contribution is -0.206. The lowest BCUT2D eigenvalue weighted by Gasteiger charge is -2.29. The molecular formula is C30H45NO2. The van der Waals surface area contributed by atoms with Gasteiger partial charge in [0.25, 0.3) is 0 Å². The molecule has 1 aliphatic heterocycles. The van der Waals surface area contributed by atoms with Gasteiger partial charge in [0.1, 0.15) is 0 Å². The smallest absolute Gasteiger partial charge is 0.185 e. The zero-order chi connectivity index (χ0) is 23.1. The maximum atomic E-state index is 6.02. The van der Waals surface area contributed by atoms with E-state index in [1.165, 1.54) is 94.6 Å². The highest BCUT2D eigenvalue weighted by Crippen LogP contribution is 2.28.